The molecule has 2 heterocycles. The number of fused-ring (bicyclic) bond motifs is 1. The summed E-state index contributed by atoms with van der Waals surface area (Å²) in [7, 11) is 0. The van der Waals surface area contributed by atoms with Crippen LogP contribution in [0.15, 0.2) is 22.6 Å². The number of amides is 2. The highest BCUT2D eigenvalue weighted by molar-refractivity contribution is 6.35. The van der Waals surface area contributed by atoms with Crippen molar-refractivity contribution in [2.45, 2.75) is 32.7 Å². The normalized spacial score (nSPS) is 15.4. The second kappa shape index (κ2) is 7.35. The van der Waals surface area contributed by atoms with Crippen LogP contribution in [-0.4, -0.2) is 42.6 Å². The fourth-order valence-electron chi connectivity index (χ4n) is 3.10. The van der Waals surface area contributed by atoms with Crippen LogP contribution in [0.25, 0.3) is 11.0 Å². The van der Waals surface area contributed by atoms with Crippen LogP contribution in [0.2, 0.25) is 5.02 Å². The first-order valence-electron chi connectivity index (χ1n) is 8.41. The predicted octanol–water partition coefficient (Wildman–Crippen LogP) is 3.75. The van der Waals surface area contributed by atoms with Crippen molar-refractivity contribution in [1.29, 1.82) is 0 Å². The number of piperidine rings is 1. The number of hydrogen-bond donors (Lipinski definition) is 1. The van der Waals surface area contributed by atoms with Crippen LogP contribution in [0, 0.1) is 6.92 Å². The Hall–Kier alpha value is -2.21. The van der Waals surface area contributed by atoms with E-state index in [-0.39, 0.29) is 23.8 Å². The van der Waals surface area contributed by atoms with Gasteiger partial charge in [-0.25, -0.2) is 4.79 Å². The van der Waals surface area contributed by atoms with E-state index in [4.69, 9.17) is 20.8 Å². The highest BCUT2D eigenvalue weighted by atomic mass is 35.5. The molecule has 0 radical (unpaired) electrons. The van der Waals surface area contributed by atoms with E-state index in [2.05, 4.69) is 5.32 Å². The molecule has 1 aliphatic heterocycles. The summed E-state index contributed by atoms with van der Waals surface area (Å²) in [6.07, 6.45) is 1.07. The van der Waals surface area contributed by atoms with Gasteiger partial charge in [0.2, 0.25) is 0 Å². The number of aryl methyl sites for hydroxylation is 1. The van der Waals surface area contributed by atoms with Crippen LogP contribution in [0.3, 0.4) is 0 Å². The Balaban J connectivity index is 1.65. The molecule has 0 spiro atoms. The van der Waals surface area contributed by atoms with Crippen LogP contribution >= 0.6 is 11.6 Å². The lowest BCUT2D eigenvalue weighted by molar-refractivity contribution is 0.0841. The van der Waals surface area contributed by atoms with Gasteiger partial charge in [-0.05, 0) is 32.8 Å². The van der Waals surface area contributed by atoms with Crippen molar-refractivity contribution in [3.63, 3.8) is 0 Å². The van der Waals surface area contributed by atoms with E-state index in [1.54, 1.807) is 17.9 Å². The summed E-state index contributed by atoms with van der Waals surface area (Å²) in [5.74, 6) is 0.0373. The molecule has 1 N–H and O–H groups in total. The lowest BCUT2D eigenvalue weighted by atomic mass is 10.0. The van der Waals surface area contributed by atoms with E-state index in [9.17, 15) is 9.59 Å². The van der Waals surface area contributed by atoms with Gasteiger partial charge in [0.1, 0.15) is 0 Å². The van der Waals surface area contributed by atoms with Gasteiger partial charge < -0.3 is 19.4 Å². The maximum Gasteiger partial charge on any atom is 0.409 e. The smallest absolute Gasteiger partial charge is 0.409 e. The van der Waals surface area contributed by atoms with Crippen LogP contribution in [-0.2, 0) is 4.74 Å². The van der Waals surface area contributed by atoms with Gasteiger partial charge in [0.15, 0.2) is 11.3 Å². The first kappa shape index (κ1) is 17.6. The minimum absolute atomic E-state index is 0.00117. The van der Waals surface area contributed by atoms with Gasteiger partial charge in [0, 0.05) is 30.1 Å². The van der Waals surface area contributed by atoms with Crippen LogP contribution in [0.4, 0.5) is 4.79 Å². The number of halogens is 1. The minimum Gasteiger partial charge on any atom is -0.450 e. The largest absolute Gasteiger partial charge is 0.450 e. The van der Waals surface area contributed by atoms with E-state index in [0.717, 1.165) is 10.9 Å². The second-order valence-electron chi connectivity index (χ2n) is 6.11. The molecule has 1 fully saturated rings. The number of likely N-dealkylation sites (tertiary alicyclic amines) is 1. The second-order valence-corrected chi connectivity index (χ2v) is 6.51. The van der Waals surface area contributed by atoms with Gasteiger partial charge in [-0.2, -0.15) is 0 Å². The number of ether oxygens (including phenoxy) is 1. The number of carbonyl (C=O) groups is 2. The topological polar surface area (TPSA) is 71.8 Å². The molecular weight excluding hydrogens is 344 g/mol. The van der Waals surface area contributed by atoms with Gasteiger partial charge >= 0.3 is 6.09 Å². The number of furan rings is 1. The van der Waals surface area contributed by atoms with Gasteiger partial charge in [-0.1, -0.05) is 23.7 Å². The molecule has 7 heteroatoms. The molecule has 2 amide bonds. The summed E-state index contributed by atoms with van der Waals surface area (Å²) in [5, 5.41) is 4.32. The van der Waals surface area contributed by atoms with Gasteiger partial charge in [-0.15, -0.1) is 0 Å². The Bertz CT molecular complexity index is 794. The molecule has 1 aromatic heterocycles. The summed E-state index contributed by atoms with van der Waals surface area (Å²) in [6.45, 7) is 5.13. The number of rotatable bonds is 3. The molecule has 0 saturated carbocycles. The van der Waals surface area contributed by atoms with Crippen molar-refractivity contribution in [1.82, 2.24) is 10.2 Å². The predicted molar refractivity (Wildman–Crippen MR) is 95.0 cm³/mol. The summed E-state index contributed by atoms with van der Waals surface area (Å²) in [4.78, 5) is 26.0. The standard InChI is InChI=1S/C18H21ClN2O4/c1-3-24-18(23)21-9-7-12(8-10-21)20-17(22)15-11(2)13-5-4-6-14(19)16(13)25-15/h4-6,12H,3,7-10H2,1-2H3,(H,20,22). The Labute approximate surface area is 151 Å². The molecule has 0 unspecified atom stereocenters. The SMILES string of the molecule is CCOC(=O)N1CCC(NC(=O)c2oc3c(Cl)cccc3c2C)CC1. The molecule has 0 bridgehead atoms. The van der Waals surface area contributed by atoms with Gasteiger partial charge in [0.05, 0.1) is 11.6 Å². The zero-order valence-corrected chi connectivity index (χ0v) is 15.1. The highest BCUT2D eigenvalue weighted by Gasteiger charge is 2.26. The average Bonchev–Trinajstić information content (AvgIpc) is 2.94. The third-order valence-corrected chi connectivity index (χ3v) is 4.78. The third kappa shape index (κ3) is 3.58. The van der Waals surface area contributed by atoms with E-state index in [0.29, 0.717) is 43.1 Å². The minimum atomic E-state index is -0.296. The Kier molecular flexibility index (Phi) is 5.18. The lowest BCUT2D eigenvalue weighted by Crippen LogP contribution is -2.46. The van der Waals surface area contributed by atoms with E-state index < -0.39 is 0 Å². The Morgan fingerprint density at radius 2 is 2.08 bits per heavy atom. The number of para-hydroxylation sites is 1. The molecule has 2 aromatic rings. The fourth-order valence-corrected chi connectivity index (χ4v) is 3.31. The number of nitrogens with zero attached hydrogens (tertiary/aromatic N) is 1. The molecule has 134 valence electrons. The number of benzene rings is 1. The van der Waals surface area contributed by atoms with Crippen molar-refractivity contribution in [2.75, 3.05) is 19.7 Å². The molecule has 1 aromatic carbocycles. The van der Waals surface area contributed by atoms with Crippen molar-refractivity contribution in [3.05, 3.63) is 34.5 Å². The van der Waals surface area contributed by atoms with Crippen LogP contribution in [0.5, 0.6) is 0 Å². The van der Waals surface area contributed by atoms with Crippen molar-refractivity contribution in [2.24, 2.45) is 0 Å². The summed E-state index contributed by atoms with van der Waals surface area (Å²) in [5.41, 5.74) is 1.31. The van der Waals surface area contributed by atoms with Gasteiger partial charge in [0.25, 0.3) is 5.91 Å². The maximum atomic E-state index is 12.6. The molecule has 25 heavy (non-hydrogen) atoms. The molecule has 1 aliphatic rings. The van der Waals surface area contributed by atoms with Gasteiger partial charge in [-0.3, -0.25) is 4.79 Å². The van der Waals surface area contributed by atoms with E-state index in [1.807, 2.05) is 19.1 Å². The van der Waals surface area contributed by atoms with E-state index >= 15 is 0 Å². The number of nitrogens with one attached hydrogen (secondary N) is 1. The summed E-state index contributed by atoms with van der Waals surface area (Å²) < 4.78 is 10.7. The quantitative estimate of drug-likeness (QED) is 0.900. The molecule has 6 nitrogen and oxygen atoms in total. The van der Waals surface area contributed by atoms with Crippen LogP contribution in [0.1, 0.15) is 35.9 Å². The van der Waals surface area contributed by atoms with Crippen molar-refractivity contribution in [3.8, 4) is 0 Å². The average molecular weight is 365 g/mol. The first-order valence-corrected chi connectivity index (χ1v) is 8.79. The molecular formula is C18H21ClN2O4. The van der Waals surface area contributed by atoms with E-state index in [1.165, 1.54) is 0 Å². The summed E-state index contributed by atoms with van der Waals surface area (Å²) >= 11 is 6.14. The molecule has 1 saturated heterocycles. The number of carbonyl (C=O) groups excluding carboxylic acids is 2. The Morgan fingerprint density at radius 3 is 2.72 bits per heavy atom. The molecule has 3 rings (SSSR count). The summed E-state index contributed by atoms with van der Waals surface area (Å²) in [6, 6.07) is 5.45. The maximum absolute atomic E-state index is 12.6. The van der Waals surface area contributed by atoms with Crippen molar-refractivity contribution < 1.29 is 18.7 Å². The zero-order valence-electron chi connectivity index (χ0n) is 14.3. The highest BCUT2D eigenvalue weighted by Crippen LogP contribution is 2.30. The zero-order chi connectivity index (χ0) is 18.0. The molecule has 0 aliphatic carbocycles. The van der Waals surface area contributed by atoms with Crippen molar-refractivity contribution >= 4 is 34.6 Å². The number of hydrogen-bond acceptors (Lipinski definition) is 4. The van der Waals surface area contributed by atoms with Crippen LogP contribution < -0.4 is 5.32 Å². The Morgan fingerprint density at radius 1 is 1.36 bits per heavy atom. The fraction of sp³-hybridized carbons (Fsp3) is 0.444. The molecule has 0 atom stereocenters. The third-order valence-electron chi connectivity index (χ3n) is 4.48. The first-order chi connectivity index (χ1) is 12.0. The monoisotopic (exact) mass is 364 g/mol. The lowest BCUT2D eigenvalue weighted by Gasteiger charge is -2.31.